The molecule has 1 aromatic carbocycles. The van der Waals surface area contributed by atoms with Gasteiger partial charge in [-0.25, -0.2) is 4.39 Å². The number of aromatic nitrogens is 1. The van der Waals surface area contributed by atoms with Gasteiger partial charge in [0.15, 0.2) is 0 Å². The number of likely N-dealkylation sites (tertiary alicyclic amines) is 1. The third kappa shape index (κ3) is 4.65. The van der Waals surface area contributed by atoms with Gasteiger partial charge in [-0.3, -0.25) is 9.78 Å². The number of ether oxygens (including phenoxy) is 1. The molecule has 2 aliphatic heterocycles. The fourth-order valence-electron chi connectivity index (χ4n) is 4.47. The van der Waals surface area contributed by atoms with Gasteiger partial charge in [-0.2, -0.15) is 0 Å². The first-order chi connectivity index (χ1) is 14.0. The van der Waals surface area contributed by atoms with Gasteiger partial charge < -0.3 is 14.5 Å². The van der Waals surface area contributed by atoms with E-state index >= 15 is 0 Å². The van der Waals surface area contributed by atoms with Crippen molar-refractivity contribution in [1.82, 2.24) is 14.8 Å². The molecule has 5 nitrogen and oxygen atoms in total. The summed E-state index contributed by atoms with van der Waals surface area (Å²) in [4.78, 5) is 21.4. The monoisotopic (exact) mass is 397 g/mol. The second kappa shape index (κ2) is 8.59. The Balaban J connectivity index is 1.35. The van der Waals surface area contributed by atoms with Crippen molar-refractivity contribution in [2.75, 3.05) is 32.7 Å². The lowest BCUT2D eigenvalue weighted by Gasteiger charge is -2.49. The Morgan fingerprint density at radius 2 is 1.97 bits per heavy atom. The molecule has 1 unspecified atom stereocenters. The zero-order valence-corrected chi connectivity index (χ0v) is 16.9. The first-order valence-electron chi connectivity index (χ1n) is 10.4. The van der Waals surface area contributed by atoms with Crippen LogP contribution in [0.15, 0.2) is 48.7 Å². The van der Waals surface area contributed by atoms with Crippen molar-refractivity contribution >= 4 is 5.91 Å². The summed E-state index contributed by atoms with van der Waals surface area (Å²) >= 11 is 0. The van der Waals surface area contributed by atoms with Crippen LogP contribution in [0.5, 0.6) is 0 Å². The lowest BCUT2D eigenvalue weighted by Crippen LogP contribution is -2.60. The number of morpholine rings is 1. The van der Waals surface area contributed by atoms with Gasteiger partial charge in [0.05, 0.1) is 23.9 Å². The number of amides is 1. The van der Waals surface area contributed by atoms with Crippen LogP contribution in [0.3, 0.4) is 0 Å². The van der Waals surface area contributed by atoms with Gasteiger partial charge in [0, 0.05) is 44.4 Å². The van der Waals surface area contributed by atoms with Crippen LogP contribution in [0.2, 0.25) is 0 Å². The molecule has 0 aliphatic carbocycles. The van der Waals surface area contributed by atoms with Crippen LogP contribution in [0.4, 0.5) is 4.39 Å². The molecule has 6 heteroatoms. The summed E-state index contributed by atoms with van der Waals surface area (Å²) in [6.07, 6.45) is 4.02. The fraction of sp³-hybridized carbons (Fsp3) is 0.478. The molecule has 2 aliphatic rings. The molecule has 2 saturated heterocycles. The Bertz CT molecular complexity index is 837. The Labute approximate surface area is 171 Å². The van der Waals surface area contributed by atoms with Crippen LogP contribution >= 0.6 is 0 Å². The van der Waals surface area contributed by atoms with Crippen LogP contribution in [-0.4, -0.2) is 65.1 Å². The number of carbonyl (C=O) groups excluding carboxylic acids is 1. The van der Waals surface area contributed by atoms with Crippen molar-refractivity contribution in [2.24, 2.45) is 0 Å². The van der Waals surface area contributed by atoms with E-state index in [0.717, 1.165) is 38.0 Å². The Hall–Kier alpha value is -2.31. The Morgan fingerprint density at radius 1 is 1.21 bits per heavy atom. The molecule has 0 radical (unpaired) electrons. The average Bonchev–Trinajstić information content (AvgIpc) is 2.74. The van der Waals surface area contributed by atoms with Crippen LogP contribution in [0, 0.1) is 5.82 Å². The molecular formula is C23H28FN3O2. The minimum atomic E-state index is -0.283. The zero-order valence-electron chi connectivity index (χ0n) is 16.9. The van der Waals surface area contributed by atoms with E-state index in [1.165, 1.54) is 6.07 Å². The number of rotatable bonds is 4. The molecule has 154 valence electrons. The molecule has 29 heavy (non-hydrogen) atoms. The van der Waals surface area contributed by atoms with E-state index in [9.17, 15) is 9.18 Å². The summed E-state index contributed by atoms with van der Waals surface area (Å²) in [6, 6.07) is 12.5. The molecule has 0 saturated carbocycles. The predicted molar refractivity (Wildman–Crippen MR) is 109 cm³/mol. The van der Waals surface area contributed by atoms with E-state index in [-0.39, 0.29) is 23.4 Å². The first-order valence-corrected chi connectivity index (χ1v) is 10.4. The number of hydrogen-bond donors (Lipinski definition) is 0. The number of nitrogens with zero attached hydrogens (tertiary/aromatic N) is 3. The SMILES string of the molecule is CC1CN(C(=O)c2ccccc2)CC2(CCN(CCc3ncccc3F)CC2)O1. The number of hydrogen-bond acceptors (Lipinski definition) is 4. The van der Waals surface area contributed by atoms with Crippen LogP contribution < -0.4 is 0 Å². The summed E-state index contributed by atoms with van der Waals surface area (Å²) in [7, 11) is 0. The van der Waals surface area contributed by atoms with Gasteiger partial charge in [-0.05, 0) is 44.0 Å². The lowest BCUT2D eigenvalue weighted by atomic mass is 9.88. The van der Waals surface area contributed by atoms with E-state index in [2.05, 4.69) is 9.88 Å². The van der Waals surface area contributed by atoms with E-state index < -0.39 is 0 Å². The zero-order chi connectivity index (χ0) is 20.3. The van der Waals surface area contributed by atoms with Gasteiger partial charge in [0.1, 0.15) is 5.82 Å². The topological polar surface area (TPSA) is 45.7 Å². The highest BCUT2D eigenvalue weighted by atomic mass is 19.1. The van der Waals surface area contributed by atoms with Gasteiger partial charge in [-0.1, -0.05) is 18.2 Å². The van der Waals surface area contributed by atoms with E-state index in [1.54, 1.807) is 12.3 Å². The molecule has 0 N–H and O–H groups in total. The number of benzene rings is 1. The van der Waals surface area contributed by atoms with Crippen molar-refractivity contribution in [3.05, 3.63) is 65.7 Å². The molecule has 2 fully saturated rings. The van der Waals surface area contributed by atoms with Crippen molar-refractivity contribution in [3.63, 3.8) is 0 Å². The number of halogens is 1. The van der Waals surface area contributed by atoms with Crippen molar-refractivity contribution in [2.45, 2.75) is 37.9 Å². The number of carbonyl (C=O) groups is 1. The van der Waals surface area contributed by atoms with Gasteiger partial charge in [0.25, 0.3) is 5.91 Å². The molecule has 1 amide bonds. The fourth-order valence-corrected chi connectivity index (χ4v) is 4.47. The van der Waals surface area contributed by atoms with Gasteiger partial charge in [-0.15, -0.1) is 0 Å². The van der Waals surface area contributed by atoms with Crippen LogP contribution in [0.1, 0.15) is 35.8 Å². The second-order valence-electron chi connectivity index (χ2n) is 8.19. The third-order valence-corrected chi connectivity index (χ3v) is 5.98. The molecule has 2 aromatic rings. The smallest absolute Gasteiger partial charge is 0.254 e. The Morgan fingerprint density at radius 3 is 2.69 bits per heavy atom. The summed E-state index contributed by atoms with van der Waals surface area (Å²) in [5, 5.41) is 0. The molecule has 1 atom stereocenters. The van der Waals surface area contributed by atoms with Gasteiger partial charge >= 0.3 is 0 Å². The molecule has 1 spiro atoms. The Kier molecular flexibility index (Phi) is 5.92. The number of piperidine rings is 1. The average molecular weight is 397 g/mol. The maximum Gasteiger partial charge on any atom is 0.254 e. The largest absolute Gasteiger partial charge is 0.368 e. The van der Waals surface area contributed by atoms with Crippen molar-refractivity contribution in [3.8, 4) is 0 Å². The van der Waals surface area contributed by atoms with Crippen LogP contribution in [-0.2, 0) is 11.2 Å². The van der Waals surface area contributed by atoms with Gasteiger partial charge in [0.2, 0.25) is 0 Å². The number of pyridine rings is 1. The normalized spacial score (nSPS) is 22.0. The quantitative estimate of drug-likeness (QED) is 0.795. The van der Waals surface area contributed by atoms with E-state index in [4.69, 9.17) is 4.74 Å². The second-order valence-corrected chi connectivity index (χ2v) is 8.19. The molecule has 3 heterocycles. The highest BCUT2D eigenvalue weighted by Gasteiger charge is 2.43. The van der Waals surface area contributed by atoms with Crippen molar-refractivity contribution in [1.29, 1.82) is 0 Å². The molecular weight excluding hydrogens is 369 g/mol. The minimum absolute atomic E-state index is 0.0191. The minimum Gasteiger partial charge on any atom is -0.368 e. The molecule has 0 bridgehead atoms. The summed E-state index contributed by atoms with van der Waals surface area (Å²) in [6.45, 7) is 5.85. The summed E-state index contributed by atoms with van der Waals surface area (Å²) < 4.78 is 20.2. The lowest BCUT2D eigenvalue weighted by molar-refractivity contribution is -0.161. The van der Waals surface area contributed by atoms with E-state index in [1.807, 2.05) is 42.2 Å². The first kappa shape index (κ1) is 20.0. The maximum absolute atomic E-state index is 13.8. The van der Waals surface area contributed by atoms with E-state index in [0.29, 0.717) is 25.2 Å². The van der Waals surface area contributed by atoms with Crippen LogP contribution in [0.25, 0.3) is 0 Å². The molecule has 4 rings (SSSR count). The molecule has 1 aromatic heterocycles. The highest BCUT2D eigenvalue weighted by molar-refractivity contribution is 5.94. The van der Waals surface area contributed by atoms with Crippen molar-refractivity contribution < 1.29 is 13.9 Å². The predicted octanol–water partition coefficient (Wildman–Crippen LogP) is 3.16. The maximum atomic E-state index is 13.8. The third-order valence-electron chi connectivity index (χ3n) is 5.98. The summed E-state index contributed by atoms with van der Waals surface area (Å²) in [5.74, 6) is -0.159. The standard InChI is InChI=1S/C23H28FN3O2/c1-18-16-27(22(28)19-6-3-2-4-7-19)17-23(29-18)10-14-26(15-11-23)13-9-21-20(24)8-5-12-25-21/h2-8,12,18H,9-11,13-17H2,1H3. The summed E-state index contributed by atoms with van der Waals surface area (Å²) in [5.41, 5.74) is 0.969. The highest BCUT2D eigenvalue weighted by Crippen LogP contribution is 2.33.